The maximum absolute atomic E-state index is 13.6. The molecule has 20 heavy (non-hydrogen) atoms. The molecule has 102 valence electrons. The van der Waals surface area contributed by atoms with E-state index in [1.807, 2.05) is 6.92 Å². The molecule has 0 radical (unpaired) electrons. The molecule has 0 amide bonds. The van der Waals surface area contributed by atoms with Crippen LogP contribution in [0.5, 0.6) is 0 Å². The quantitative estimate of drug-likeness (QED) is 0.754. The molecule has 2 aromatic heterocycles. The van der Waals surface area contributed by atoms with Crippen LogP contribution in [0, 0.1) is 12.7 Å². The Labute approximate surface area is 122 Å². The summed E-state index contributed by atoms with van der Waals surface area (Å²) in [5.74, 6) is 0.495. The highest BCUT2D eigenvalue weighted by Crippen LogP contribution is 2.27. The molecule has 3 aromatic rings. The Kier molecular flexibility index (Phi) is 3.06. The number of halogens is 2. The maximum atomic E-state index is 13.6. The second kappa shape index (κ2) is 4.75. The number of fused-ring (bicyclic) bond motifs is 1. The second-order valence-corrected chi connectivity index (χ2v) is 5.23. The topological polar surface area (TPSA) is 68.2 Å². The predicted molar refractivity (Wildman–Crippen MR) is 79.5 cm³/mol. The number of hydrogen-bond donors (Lipinski definition) is 2. The summed E-state index contributed by atoms with van der Waals surface area (Å²) in [7, 11) is 0. The zero-order valence-corrected chi connectivity index (χ0v) is 12.1. The Morgan fingerprint density at radius 1 is 1.40 bits per heavy atom. The molecule has 0 atom stereocenters. The van der Waals surface area contributed by atoms with Crippen LogP contribution in [0.25, 0.3) is 5.65 Å². The first-order valence-electron chi connectivity index (χ1n) is 5.86. The van der Waals surface area contributed by atoms with E-state index < -0.39 is 0 Å². The first-order valence-corrected chi connectivity index (χ1v) is 6.66. The highest BCUT2D eigenvalue weighted by molar-refractivity contribution is 9.10. The molecular formula is C13H11BrFN5. The molecule has 7 heteroatoms. The third kappa shape index (κ3) is 2.20. The summed E-state index contributed by atoms with van der Waals surface area (Å²) in [5, 5.41) is 3.07. The lowest BCUT2D eigenvalue weighted by atomic mass is 10.2. The van der Waals surface area contributed by atoms with Gasteiger partial charge in [-0.25, -0.2) is 14.4 Å². The largest absolute Gasteiger partial charge is 0.382 e. The number of aromatic nitrogens is 3. The number of nitrogens with two attached hydrogens (primary N) is 1. The van der Waals surface area contributed by atoms with Gasteiger partial charge in [-0.1, -0.05) is 0 Å². The Morgan fingerprint density at radius 3 is 3.00 bits per heavy atom. The summed E-state index contributed by atoms with van der Waals surface area (Å²) in [5.41, 5.74) is 7.88. The van der Waals surface area contributed by atoms with Gasteiger partial charge < -0.3 is 15.5 Å². The highest BCUT2D eigenvalue weighted by atomic mass is 79.9. The van der Waals surface area contributed by atoms with Gasteiger partial charge >= 0.3 is 0 Å². The van der Waals surface area contributed by atoms with E-state index in [2.05, 4.69) is 31.2 Å². The molecule has 5 nitrogen and oxygen atoms in total. The van der Waals surface area contributed by atoms with Gasteiger partial charge in [0.25, 0.3) is 0 Å². The number of hydrogen-bond acceptors (Lipinski definition) is 4. The molecule has 1 aromatic carbocycles. The van der Waals surface area contributed by atoms with Crippen molar-refractivity contribution in [3.05, 3.63) is 46.6 Å². The molecule has 0 aliphatic rings. The van der Waals surface area contributed by atoms with Gasteiger partial charge in [0.1, 0.15) is 11.6 Å². The average molecular weight is 336 g/mol. The summed E-state index contributed by atoms with van der Waals surface area (Å²) in [6.45, 7) is 1.88. The summed E-state index contributed by atoms with van der Waals surface area (Å²) in [6, 6.07) is 3.11. The van der Waals surface area contributed by atoms with Crippen LogP contribution in [0.4, 0.5) is 21.7 Å². The van der Waals surface area contributed by atoms with Crippen molar-refractivity contribution in [1.82, 2.24) is 14.4 Å². The van der Waals surface area contributed by atoms with E-state index in [9.17, 15) is 4.39 Å². The minimum absolute atomic E-state index is 0.346. The number of anilines is 3. The molecule has 0 bridgehead atoms. The normalized spacial score (nSPS) is 10.9. The summed E-state index contributed by atoms with van der Waals surface area (Å²) < 4.78 is 15.8. The van der Waals surface area contributed by atoms with E-state index in [0.29, 0.717) is 27.4 Å². The van der Waals surface area contributed by atoms with Crippen molar-refractivity contribution >= 4 is 38.9 Å². The Morgan fingerprint density at radius 2 is 2.20 bits per heavy atom. The van der Waals surface area contributed by atoms with Crippen molar-refractivity contribution in [2.45, 2.75) is 6.92 Å². The van der Waals surface area contributed by atoms with Crippen molar-refractivity contribution in [3.8, 4) is 0 Å². The molecule has 0 fully saturated rings. The summed E-state index contributed by atoms with van der Waals surface area (Å²) >= 11 is 3.16. The summed E-state index contributed by atoms with van der Waals surface area (Å²) in [4.78, 5) is 8.42. The molecule has 3 rings (SSSR count). The smallest absolute Gasteiger partial charge is 0.180 e. The zero-order valence-electron chi connectivity index (χ0n) is 10.6. The fourth-order valence-corrected chi connectivity index (χ4v) is 2.40. The van der Waals surface area contributed by atoms with Crippen LogP contribution in [-0.4, -0.2) is 14.4 Å². The van der Waals surface area contributed by atoms with Crippen molar-refractivity contribution in [2.75, 3.05) is 11.1 Å². The highest BCUT2D eigenvalue weighted by Gasteiger charge is 2.10. The van der Waals surface area contributed by atoms with Crippen molar-refractivity contribution in [2.24, 2.45) is 0 Å². The van der Waals surface area contributed by atoms with Crippen LogP contribution >= 0.6 is 15.9 Å². The Hall–Kier alpha value is -2.15. The molecule has 2 heterocycles. The molecule has 0 aliphatic heterocycles. The van der Waals surface area contributed by atoms with Crippen molar-refractivity contribution < 1.29 is 4.39 Å². The molecule has 3 N–H and O–H groups in total. The predicted octanol–water partition coefficient (Wildman–Crippen LogP) is 3.27. The van der Waals surface area contributed by atoms with Gasteiger partial charge in [-0.15, -0.1) is 0 Å². The third-order valence-electron chi connectivity index (χ3n) is 2.91. The Balaban J connectivity index is 2.09. The minimum atomic E-state index is -0.346. The molecular weight excluding hydrogens is 325 g/mol. The van der Waals surface area contributed by atoms with Crippen LogP contribution in [-0.2, 0) is 0 Å². The number of nitrogens with zero attached hydrogens (tertiary/aromatic N) is 3. The molecule has 0 saturated carbocycles. The lowest BCUT2D eigenvalue weighted by molar-refractivity contribution is 0.621. The number of rotatable bonds is 2. The van der Waals surface area contributed by atoms with E-state index >= 15 is 0 Å². The van der Waals surface area contributed by atoms with E-state index in [4.69, 9.17) is 5.73 Å². The third-order valence-corrected chi connectivity index (χ3v) is 3.52. The first kappa shape index (κ1) is 12.9. The molecule has 0 aliphatic carbocycles. The standard InChI is InChI=1S/C13H11BrFN5/c1-7-4-8(14)9(15)5-10(7)18-12-13-17-2-3-20(13)6-11(16)19-12/h2-6H,16H2,1H3,(H,18,19). The van der Waals surface area contributed by atoms with Gasteiger partial charge in [0, 0.05) is 18.1 Å². The fraction of sp³-hybridized carbons (Fsp3) is 0.0769. The van der Waals surface area contributed by atoms with E-state index in [-0.39, 0.29) is 5.82 Å². The minimum Gasteiger partial charge on any atom is -0.382 e. The average Bonchev–Trinajstić information content (AvgIpc) is 2.84. The van der Waals surface area contributed by atoms with Crippen molar-refractivity contribution in [1.29, 1.82) is 0 Å². The van der Waals surface area contributed by atoms with E-state index in [1.54, 1.807) is 29.1 Å². The monoisotopic (exact) mass is 335 g/mol. The fourth-order valence-electron chi connectivity index (χ4n) is 1.94. The van der Waals surface area contributed by atoms with Gasteiger partial charge in [0.05, 0.1) is 10.7 Å². The van der Waals surface area contributed by atoms with Gasteiger partial charge in [-0.05, 0) is 40.5 Å². The second-order valence-electron chi connectivity index (χ2n) is 4.38. The number of nitrogens with one attached hydrogen (secondary N) is 1. The van der Waals surface area contributed by atoms with Crippen LogP contribution in [0.2, 0.25) is 0 Å². The van der Waals surface area contributed by atoms with Gasteiger partial charge in [-0.2, -0.15) is 0 Å². The number of benzene rings is 1. The van der Waals surface area contributed by atoms with E-state index in [0.717, 1.165) is 5.56 Å². The Bertz CT molecular complexity index is 799. The molecule has 0 spiro atoms. The van der Waals surface area contributed by atoms with E-state index in [1.165, 1.54) is 6.07 Å². The van der Waals surface area contributed by atoms with Crippen molar-refractivity contribution in [3.63, 3.8) is 0 Å². The maximum Gasteiger partial charge on any atom is 0.180 e. The van der Waals surface area contributed by atoms with Gasteiger partial charge in [0.2, 0.25) is 0 Å². The SMILES string of the molecule is Cc1cc(Br)c(F)cc1Nc1nc(N)cn2ccnc12. The van der Waals surface area contributed by atoms with Gasteiger partial charge in [-0.3, -0.25) is 0 Å². The van der Waals surface area contributed by atoms with Crippen LogP contribution in [0.3, 0.4) is 0 Å². The zero-order chi connectivity index (χ0) is 14.3. The van der Waals surface area contributed by atoms with Crippen LogP contribution in [0.1, 0.15) is 5.56 Å². The number of aryl methyl sites for hydroxylation is 1. The van der Waals surface area contributed by atoms with Gasteiger partial charge in [0.15, 0.2) is 11.5 Å². The summed E-state index contributed by atoms with van der Waals surface area (Å²) in [6.07, 6.45) is 5.09. The first-order chi connectivity index (χ1) is 9.54. The number of nitrogen functional groups attached to an aromatic ring is 1. The van der Waals surface area contributed by atoms with Crippen LogP contribution < -0.4 is 11.1 Å². The van der Waals surface area contributed by atoms with Crippen LogP contribution in [0.15, 0.2) is 35.2 Å². The molecule has 0 unspecified atom stereocenters. The number of imidazole rings is 1. The lowest BCUT2D eigenvalue weighted by Crippen LogP contribution is -2.03. The molecule has 0 saturated heterocycles. The lowest BCUT2D eigenvalue weighted by Gasteiger charge is -2.11.